The van der Waals surface area contributed by atoms with E-state index in [1.165, 1.54) is 0 Å². The molecule has 0 unspecified atom stereocenters. The third-order valence-corrected chi connectivity index (χ3v) is 0.861. The van der Waals surface area contributed by atoms with Gasteiger partial charge in [0.25, 0.3) is 0 Å². The molecular formula is C5H11F3N2O. The molecule has 0 fully saturated rings. The summed E-state index contributed by atoms with van der Waals surface area (Å²) in [7, 11) is 0. The van der Waals surface area contributed by atoms with E-state index in [0.29, 0.717) is 0 Å². The Morgan fingerprint density at radius 1 is 1.27 bits per heavy atom. The highest BCUT2D eigenvalue weighted by atomic mass is 19.4. The number of rotatable bonds is 4. The SMILES string of the molecule is NC(N)CCOCC(F)(F)F. The van der Waals surface area contributed by atoms with Crippen molar-refractivity contribution in [2.45, 2.75) is 18.8 Å². The van der Waals surface area contributed by atoms with Gasteiger partial charge in [0.2, 0.25) is 0 Å². The van der Waals surface area contributed by atoms with Crippen molar-refractivity contribution in [2.24, 2.45) is 11.5 Å². The van der Waals surface area contributed by atoms with Crippen LogP contribution in [0.15, 0.2) is 0 Å². The molecule has 0 saturated heterocycles. The lowest BCUT2D eigenvalue weighted by Crippen LogP contribution is -2.32. The number of alkyl halides is 3. The van der Waals surface area contributed by atoms with Crippen LogP contribution in [0.2, 0.25) is 0 Å². The van der Waals surface area contributed by atoms with Crippen LogP contribution in [0, 0.1) is 0 Å². The lowest BCUT2D eigenvalue weighted by molar-refractivity contribution is -0.174. The standard InChI is InChI=1S/C5H11F3N2O/c6-5(7,8)3-11-2-1-4(9)10/h4H,1-3,9-10H2. The Bertz CT molecular complexity index is 104. The topological polar surface area (TPSA) is 61.3 Å². The van der Waals surface area contributed by atoms with Gasteiger partial charge >= 0.3 is 6.18 Å². The summed E-state index contributed by atoms with van der Waals surface area (Å²) in [5.41, 5.74) is 10.1. The summed E-state index contributed by atoms with van der Waals surface area (Å²) in [5, 5.41) is 0. The molecule has 68 valence electrons. The second-order valence-corrected chi connectivity index (χ2v) is 2.12. The monoisotopic (exact) mass is 172 g/mol. The first-order valence-corrected chi connectivity index (χ1v) is 3.07. The van der Waals surface area contributed by atoms with Crippen LogP contribution in [0.1, 0.15) is 6.42 Å². The van der Waals surface area contributed by atoms with Gasteiger partial charge in [-0.05, 0) is 6.42 Å². The van der Waals surface area contributed by atoms with Crippen molar-refractivity contribution < 1.29 is 17.9 Å². The fourth-order valence-corrected chi connectivity index (χ4v) is 0.407. The van der Waals surface area contributed by atoms with E-state index in [1.807, 2.05) is 0 Å². The molecule has 0 aromatic heterocycles. The highest BCUT2D eigenvalue weighted by molar-refractivity contribution is 4.50. The highest BCUT2D eigenvalue weighted by Crippen LogP contribution is 2.14. The summed E-state index contributed by atoms with van der Waals surface area (Å²) < 4.78 is 38.4. The third kappa shape index (κ3) is 9.67. The molecule has 0 amide bonds. The van der Waals surface area contributed by atoms with Gasteiger partial charge in [0.1, 0.15) is 6.61 Å². The molecule has 0 bridgehead atoms. The van der Waals surface area contributed by atoms with Crippen LogP contribution in [0.5, 0.6) is 0 Å². The minimum atomic E-state index is -4.27. The number of nitrogens with two attached hydrogens (primary N) is 2. The number of halogens is 3. The van der Waals surface area contributed by atoms with Crippen LogP contribution >= 0.6 is 0 Å². The second-order valence-electron chi connectivity index (χ2n) is 2.12. The minimum Gasteiger partial charge on any atom is -0.372 e. The van der Waals surface area contributed by atoms with Crippen LogP contribution in [0.3, 0.4) is 0 Å². The largest absolute Gasteiger partial charge is 0.411 e. The molecule has 0 rings (SSSR count). The van der Waals surface area contributed by atoms with Crippen LogP contribution in [0.4, 0.5) is 13.2 Å². The van der Waals surface area contributed by atoms with Crippen LogP contribution in [-0.2, 0) is 4.74 Å². The Labute approximate surface area is 62.5 Å². The Balaban J connectivity index is 3.15. The number of hydrogen-bond acceptors (Lipinski definition) is 3. The van der Waals surface area contributed by atoms with Crippen molar-refractivity contribution in [1.82, 2.24) is 0 Å². The zero-order valence-electron chi connectivity index (χ0n) is 5.90. The Hall–Kier alpha value is -0.330. The van der Waals surface area contributed by atoms with Crippen molar-refractivity contribution in [3.05, 3.63) is 0 Å². The molecule has 0 saturated carbocycles. The van der Waals surface area contributed by atoms with Crippen molar-refractivity contribution in [2.75, 3.05) is 13.2 Å². The van der Waals surface area contributed by atoms with Gasteiger partial charge in [-0.1, -0.05) is 0 Å². The molecule has 3 nitrogen and oxygen atoms in total. The van der Waals surface area contributed by atoms with Gasteiger partial charge in [-0.2, -0.15) is 13.2 Å². The minimum absolute atomic E-state index is 0.0584. The molecule has 0 aromatic carbocycles. The van der Waals surface area contributed by atoms with Crippen LogP contribution < -0.4 is 11.5 Å². The van der Waals surface area contributed by atoms with E-state index in [4.69, 9.17) is 11.5 Å². The average molecular weight is 172 g/mol. The molecule has 4 N–H and O–H groups in total. The molecule has 0 aliphatic heterocycles. The lowest BCUT2D eigenvalue weighted by Gasteiger charge is -2.08. The molecular weight excluding hydrogens is 161 g/mol. The van der Waals surface area contributed by atoms with Gasteiger partial charge in [-0.25, -0.2) is 0 Å². The highest BCUT2D eigenvalue weighted by Gasteiger charge is 2.27. The molecule has 0 aliphatic rings. The second kappa shape index (κ2) is 4.53. The molecule has 11 heavy (non-hydrogen) atoms. The summed E-state index contributed by atoms with van der Waals surface area (Å²) >= 11 is 0. The summed E-state index contributed by atoms with van der Waals surface area (Å²) in [5.74, 6) is 0. The molecule has 0 aromatic rings. The van der Waals surface area contributed by atoms with Crippen molar-refractivity contribution in [1.29, 1.82) is 0 Å². The smallest absolute Gasteiger partial charge is 0.372 e. The number of hydrogen-bond donors (Lipinski definition) is 2. The maximum atomic E-state index is 11.4. The Kier molecular flexibility index (Phi) is 4.39. The van der Waals surface area contributed by atoms with Crippen molar-refractivity contribution in [3.63, 3.8) is 0 Å². The van der Waals surface area contributed by atoms with Gasteiger partial charge in [-0.15, -0.1) is 0 Å². The molecule has 0 heterocycles. The predicted molar refractivity (Wildman–Crippen MR) is 33.7 cm³/mol. The zero-order chi connectivity index (χ0) is 8.91. The fourth-order valence-electron chi connectivity index (χ4n) is 0.407. The Morgan fingerprint density at radius 3 is 2.18 bits per heavy atom. The third-order valence-electron chi connectivity index (χ3n) is 0.861. The maximum Gasteiger partial charge on any atom is 0.411 e. The predicted octanol–water partition coefficient (Wildman–Crippen LogP) is 0.199. The van der Waals surface area contributed by atoms with E-state index in [-0.39, 0.29) is 13.0 Å². The van der Waals surface area contributed by atoms with Gasteiger partial charge in [0.05, 0.1) is 6.17 Å². The summed E-state index contributed by atoms with van der Waals surface area (Å²) in [6.07, 6.45) is -4.64. The van der Waals surface area contributed by atoms with E-state index in [0.717, 1.165) is 0 Å². The van der Waals surface area contributed by atoms with Gasteiger partial charge in [-0.3, -0.25) is 0 Å². The summed E-state index contributed by atoms with van der Waals surface area (Å²) in [6.45, 7) is -1.29. The Morgan fingerprint density at radius 2 is 1.82 bits per heavy atom. The average Bonchev–Trinajstić information content (AvgIpc) is 1.78. The van der Waals surface area contributed by atoms with Crippen LogP contribution in [0.25, 0.3) is 0 Å². The van der Waals surface area contributed by atoms with E-state index in [9.17, 15) is 13.2 Å². The first kappa shape index (κ1) is 10.7. The summed E-state index contributed by atoms with van der Waals surface area (Å²) in [4.78, 5) is 0. The van der Waals surface area contributed by atoms with Crippen LogP contribution in [-0.4, -0.2) is 25.6 Å². The van der Waals surface area contributed by atoms with Gasteiger partial charge in [0, 0.05) is 6.61 Å². The molecule has 0 spiro atoms. The quantitative estimate of drug-likeness (QED) is 0.470. The zero-order valence-corrected chi connectivity index (χ0v) is 5.90. The lowest BCUT2D eigenvalue weighted by atomic mass is 10.4. The molecule has 0 aliphatic carbocycles. The molecule has 6 heteroatoms. The number of ether oxygens (including phenoxy) is 1. The summed E-state index contributed by atoms with van der Waals surface area (Å²) in [6, 6.07) is 0. The van der Waals surface area contributed by atoms with E-state index < -0.39 is 18.9 Å². The fraction of sp³-hybridized carbons (Fsp3) is 1.00. The van der Waals surface area contributed by atoms with Gasteiger partial charge < -0.3 is 16.2 Å². The van der Waals surface area contributed by atoms with E-state index in [2.05, 4.69) is 4.74 Å². The van der Waals surface area contributed by atoms with E-state index >= 15 is 0 Å². The molecule has 0 radical (unpaired) electrons. The van der Waals surface area contributed by atoms with Gasteiger partial charge in [0.15, 0.2) is 0 Å². The normalized spacial score (nSPS) is 12.5. The first-order chi connectivity index (χ1) is 4.92. The van der Waals surface area contributed by atoms with E-state index in [1.54, 1.807) is 0 Å². The maximum absolute atomic E-state index is 11.4. The van der Waals surface area contributed by atoms with Crippen molar-refractivity contribution >= 4 is 0 Å². The first-order valence-electron chi connectivity index (χ1n) is 3.07. The molecule has 0 atom stereocenters. The van der Waals surface area contributed by atoms with Crippen molar-refractivity contribution in [3.8, 4) is 0 Å².